The predicted octanol–water partition coefficient (Wildman–Crippen LogP) is 3.31. The van der Waals surface area contributed by atoms with Gasteiger partial charge in [0.2, 0.25) is 0 Å². The van der Waals surface area contributed by atoms with E-state index in [1.807, 2.05) is 19.2 Å². The number of ether oxygens (including phenoxy) is 2. The number of halogens is 1. The summed E-state index contributed by atoms with van der Waals surface area (Å²) < 4.78 is 11.5. The van der Waals surface area contributed by atoms with E-state index in [0.29, 0.717) is 11.5 Å². The molecule has 0 aliphatic rings. The van der Waals surface area contributed by atoms with Crippen LogP contribution in [0.15, 0.2) is 22.0 Å². The highest BCUT2D eigenvalue weighted by atomic mass is 79.9. The second-order valence-corrected chi connectivity index (χ2v) is 5.57. The lowest BCUT2D eigenvalue weighted by molar-refractivity contribution is 0.355. The Morgan fingerprint density at radius 3 is 2.58 bits per heavy atom. The second kappa shape index (κ2) is 6.36. The Labute approximate surface area is 124 Å². The van der Waals surface area contributed by atoms with Crippen LogP contribution >= 0.6 is 27.3 Å². The summed E-state index contributed by atoms with van der Waals surface area (Å²) in [6.45, 7) is 0.765. The number of hydrogen-bond acceptors (Lipinski definition) is 5. The van der Waals surface area contributed by atoms with Gasteiger partial charge < -0.3 is 14.8 Å². The van der Waals surface area contributed by atoms with E-state index in [1.165, 1.54) is 0 Å². The lowest BCUT2D eigenvalue weighted by atomic mass is 10.2. The molecule has 0 saturated carbocycles. The third-order valence-electron chi connectivity index (χ3n) is 2.61. The smallest absolute Gasteiger partial charge is 0.161 e. The van der Waals surface area contributed by atoms with Gasteiger partial charge in [-0.1, -0.05) is 0 Å². The molecule has 4 nitrogen and oxygen atoms in total. The zero-order valence-electron chi connectivity index (χ0n) is 11.0. The van der Waals surface area contributed by atoms with E-state index < -0.39 is 0 Å². The zero-order chi connectivity index (χ0) is 13.8. The summed E-state index contributed by atoms with van der Waals surface area (Å²) in [4.78, 5) is 4.59. The Hall–Kier alpha value is -1.11. The van der Waals surface area contributed by atoms with Crippen molar-refractivity contribution in [3.05, 3.63) is 27.7 Å². The van der Waals surface area contributed by atoms with Crippen molar-refractivity contribution < 1.29 is 9.47 Å². The first-order valence-electron chi connectivity index (χ1n) is 5.70. The fourth-order valence-corrected chi connectivity index (χ4v) is 3.20. The first-order valence-corrected chi connectivity index (χ1v) is 7.37. The third-order valence-corrected chi connectivity index (χ3v) is 4.19. The number of benzene rings is 1. The Bertz CT molecular complexity index is 572. The summed E-state index contributed by atoms with van der Waals surface area (Å²) >= 11 is 5.16. The van der Waals surface area contributed by atoms with Crippen LogP contribution in [0.4, 0.5) is 0 Å². The molecule has 0 radical (unpaired) electrons. The molecular formula is C13H15BrN2O2S. The monoisotopic (exact) mass is 342 g/mol. The van der Waals surface area contributed by atoms with Crippen LogP contribution in [0.2, 0.25) is 0 Å². The second-order valence-electron chi connectivity index (χ2n) is 3.86. The van der Waals surface area contributed by atoms with Crippen molar-refractivity contribution in [2.75, 3.05) is 21.3 Å². The average Bonchev–Trinajstić information content (AvgIpc) is 2.87. The summed E-state index contributed by atoms with van der Waals surface area (Å²) in [6.07, 6.45) is 0. The van der Waals surface area contributed by atoms with E-state index >= 15 is 0 Å². The molecule has 1 heterocycles. The summed E-state index contributed by atoms with van der Waals surface area (Å²) in [6, 6.07) is 3.83. The van der Waals surface area contributed by atoms with Crippen LogP contribution in [-0.4, -0.2) is 26.3 Å². The summed E-state index contributed by atoms with van der Waals surface area (Å²) in [5.74, 6) is 1.40. The van der Waals surface area contributed by atoms with Gasteiger partial charge in [0, 0.05) is 22.0 Å². The molecule has 2 rings (SSSR count). The molecule has 6 heteroatoms. The fourth-order valence-electron chi connectivity index (χ4n) is 1.71. The molecule has 0 fully saturated rings. The van der Waals surface area contributed by atoms with E-state index in [9.17, 15) is 0 Å². The molecule has 0 saturated heterocycles. The van der Waals surface area contributed by atoms with Crippen molar-refractivity contribution in [2.24, 2.45) is 0 Å². The lowest BCUT2D eigenvalue weighted by Gasteiger charge is -2.10. The topological polar surface area (TPSA) is 43.4 Å². The van der Waals surface area contributed by atoms with Crippen molar-refractivity contribution >= 4 is 27.3 Å². The fraction of sp³-hybridized carbons (Fsp3) is 0.308. The van der Waals surface area contributed by atoms with Crippen LogP contribution in [0.5, 0.6) is 11.5 Å². The van der Waals surface area contributed by atoms with Crippen molar-refractivity contribution in [2.45, 2.75) is 6.54 Å². The zero-order valence-corrected chi connectivity index (χ0v) is 13.4. The van der Waals surface area contributed by atoms with Crippen LogP contribution in [0.25, 0.3) is 10.6 Å². The molecule has 1 N–H and O–H groups in total. The first-order chi connectivity index (χ1) is 9.19. The lowest BCUT2D eigenvalue weighted by Crippen LogP contribution is -2.04. The summed E-state index contributed by atoms with van der Waals surface area (Å²) in [5, 5.41) is 6.10. The van der Waals surface area contributed by atoms with Crippen LogP contribution < -0.4 is 14.8 Å². The Kier molecular flexibility index (Phi) is 4.79. The molecule has 0 spiro atoms. The molecular weight excluding hydrogens is 328 g/mol. The van der Waals surface area contributed by atoms with Gasteiger partial charge in [0.25, 0.3) is 0 Å². The first kappa shape index (κ1) is 14.3. The van der Waals surface area contributed by atoms with Gasteiger partial charge in [-0.2, -0.15) is 0 Å². The number of nitrogens with one attached hydrogen (secondary N) is 1. The Morgan fingerprint density at radius 1 is 1.26 bits per heavy atom. The van der Waals surface area contributed by atoms with Crippen molar-refractivity contribution in [1.82, 2.24) is 10.3 Å². The van der Waals surface area contributed by atoms with Crippen LogP contribution in [0.1, 0.15) is 5.69 Å². The molecule has 0 aliphatic carbocycles. The minimum absolute atomic E-state index is 0.699. The maximum absolute atomic E-state index is 5.33. The van der Waals surface area contributed by atoms with E-state index in [2.05, 4.69) is 31.6 Å². The van der Waals surface area contributed by atoms with Crippen LogP contribution in [0.3, 0.4) is 0 Å². The standard InChI is InChI=1S/C13H15BrN2O2S/c1-15-6-8-7-19-13(16-8)9-4-11(17-2)12(18-3)5-10(9)14/h4-5,7,15H,6H2,1-3H3. The maximum Gasteiger partial charge on any atom is 0.161 e. The number of rotatable bonds is 5. The highest BCUT2D eigenvalue weighted by molar-refractivity contribution is 9.10. The Balaban J connectivity index is 2.42. The minimum atomic E-state index is 0.699. The number of methoxy groups -OCH3 is 2. The number of hydrogen-bond donors (Lipinski definition) is 1. The SMILES string of the molecule is CNCc1csc(-c2cc(OC)c(OC)cc2Br)n1. The molecule has 19 heavy (non-hydrogen) atoms. The van der Waals surface area contributed by atoms with Gasteiger partial charge in [-0.3, -0.25) is 0 Å². The van der Waals surface area contributed by atoms with Gasteiger partial charge in [0.1, 0.15) is 5.01 Å². The van der Waals surface area contributed by atoms with E-state index in [1.54, 1.807) is 25.6 Å². The van der Waals surface area contributed by atoms with Crippen molar-refractivity contribution in [3.63, 3.8) is 0 Å². The largest absolute Gasteiger partial charge is 0.493 e. The summed E-state index contributed by atoms with van der Waals surface area (Å²) in [7, 11) is 5.16. The highest BCUT2D eigenvalue weighted by Gasteiger charge is 2.13. The molecule has 0 atom stereocenters. The minimum Gasteiger partial charge on any atom is -0.493 e. The molecule has 1 aromatic carbocycles. The van der Waals surface area contributed by atoms with Crippen molar-refractivity contribution in [3.8, 4) is 22.1 Å². The summed E-state index contributed by atoms with van der Waals surface area (Å²) in [5.41, 5.74) is 2.04. The van der Waals surface area contributed by atoms with Crippen LogP contribution in [0, 0.1) is 0 Å². The van der Waals surface area contributed by atoms with Crippen LogP contribution in [-0.2, 0) is 6.54 Å². The third kappa shape index (κ3) is 3.08. The van der Waals surface area contributed by atoms with E-state index in [-0.39, 0.29) is 0 Å². The van der Waals surface area contributed by atoms with Gasteiger partial charge in [0.05, 0.1) is 19.9 Å². The molecule has 102 valence electrons. The van der Waals surface area contributed by atoms with Gasteiger partial charge >= 0.3 is 0 Å². The average molecular weight is 343 g/mol. The molecule has 2 aromatic rings. The molecule has 0 bridgehead atoms. The molecule has 0 aliphatic heterocycles. The van der Waals surface area contributed by atoms with Gasteiger partial charge in [-0.25, -0.2) is 4.98 Å². The quantitative estimate of drug-likeness (QED) is 0.905. The highest BCUT2D eigenvalue weighted by Crippen LogP contribution is 2.39. The normalized spacial score (nSPS) is 10.5. The number of thiazole rings is 1. The van der Waals surface area contributed by atoms with Gasteiger partial charge in [-0.15, -0.1) is 11.3 Å². The van der Waals surface area contributed by atoms with Gasteiger partial charge in [-0.05, 0) is 35.1 Å². The predicted molar refractivity (Wildman–Crippen MR) is 81.1 cm³/mol. The van der Waals surface area contributed by atoms with Crippen molar-refractivity contribution in [1.29, 1.82) is 0 Å². The van der Waals surface area contributed by atoms with Gasteiger partial charge in [0.15, 0.2) is 11.5 Å². The number of aromatic nitrogens is 1. The number of nitrogens with zero attached hydrogens (tertiary/aromatic N) is 1. The molecule has 1 aromatic heterocycles. The Morgan fingerprint density at radius 2 is 1.95 bits per heavy atom. The molecule has 0 unspecified atom stereocenters. The molecule has 0 amide bonds. The maximum atomic E-state index is 5.33. The van der Waals surface area contributed by atoms with E-state index in [4.69, 9.17) is 9.47 Å². The van der Waals surface area contributed by atoms with E-state index in [0.717, 1.165) is 27.3 Å².